The van der Waals surface area contributed by atoms with Crippen LogP contribution in [-0.4, -0.2) is 29.2 Å². The third-order valence-corrected chi connectivity index (χ3v) is 3.15. The molecule has 9 heteroatoms. The second kappa shape index (κ2) is 6.11. The fraction of sp³-hybridized carbons (Fsp3) is 0.133. The summed E-state index contributed by atoms with van der Waals surface area (Å²) < 4.78 is 42.9. The van der Waals surface area contributed by atoms with Crippen LogP contribution < -0.4 is 19.9 Å². The summed E-state index contributed by atoms with van der Waals surface area (Å²) in [6.07, 6.45) is 1.43. The first kappa shape index (κ1) is 15.7. The predicted molar refractivity (Wildman–Crippen MR) is 81.3 cm³/mol. The van der Waals surface area contributed by atoms with Gasteiger partial charge in [0.1, 0.15) is 5.52 Å². The molecule has 0 spiro atoms. The Labute approximate surface area is 135 Å². The Morgan fingerprint density at radius 1 is 1.00 bits per heavy atom. The molecule has 124 valence electrons. The van der Waals surface area contributed by atoms with Crippen LogP contribution in [0.15, 0.2) is 24.4 Å². The zero-order valence-corrected chi connectivity index (χ0v) is 12.7. The molecule has 0 saturated carbocycles. The van der Waals surface area contributed by atoms with Crippen molar-refractivity contribution < 1.29 is 23.0 Å². The van der Waals surface area contributed by atoms with Crippen molar-refractivity contribution in [1.29, 1.82) is 0 Å². The molecule has 3 rings (SSSR count). The summed E-state index contributed by atoms with van der Waals surface area (Å²) in [6.45, 7) is 0. The molecule has 0 aliphatic heterocycles. The maximum atomic E-state index is 13.9. The molecule has 24 heavy (non-hydrogen) atoms. The summed E-state index contributed by atoms with van der Waals surface area (Å²) in [6, 6.07) is 3.82. The molecule has 0 aromatic carbocycles. The van der Waals surface area contributed by atoms with E-state index in [1.54, 1.807) is 6.07 Å². The highest BCUT2D eigenvalue weighted by molar-refractivity contribution is 5.83. The second-order valence-electron chi connectivity index (χ2n) is 4.63. The van der Waals surface area contributed by atoms with Crippen molar-refractivity contribution in [2.24, 2.45) is 0 Å². The fourth-order valence-corrected chi connectivity index (χ4v) is 2.03. The molecule has 0 amide bonds. The molecule has 3 aromatic heterocycles. The van der Waals surface area contributed by atoms with Crippen LogP contribution in [0.25, 0.3) is 11.0 Å². The number of aromatic nitrogens is 3. The zero-order chi connectivity index (χ0) is 17.3. The van der Waals surface area contributed by atoms with E-state index >= 15 is 0 Å². The Morgan fingerprint density at radius 3 is 2.50 bits per heavy atom. The topological polar surface area (TPSA) is 92.4 Å². The number of rotatable bonds is 4. The van der Waals surface area contributed by atoms with Gasteiger partial charge in [0.25, 0.3) is 11.8 Å². The average Bonchev–Trinajstić information content (AvgIpc) is 2.58. The van der Waals surface area contributed by atoms with E-state index in [9.17, 15) is 8.78 Å². The van der Waals surface area contributed by atoms with E-state index in [2.05, 4.69) is 15.0 Å². The van der Waals surface area contributed by atoms with Crippen LogP contribution in [0.1, 0.15) is 0 Å². The average molecular weight is 334 g/mol. The molecule has 0 fully saturated rings. The highest BCUT2D eigenvalue weighted by Gasteiger charge is 2.16. The van der Waals surface area contributed by atoms with Crippen molar-refractivity contribution in [3.63, 3.8) is 0 Å². The first-order valence-electron chi connectivity index (χ1n) is 6.70. The van der Waals surface area contributed by atoms with Crippen molar-refractivity contribution in [3.8, 4) is 23.3 Å². The molecule has 0 atom stereocenters. The van der Waals surface area contributed by atoms with Crippen LogP contribution in [0.5, 0.6) is 23.3 Å². The number of ether oxygens (including phenoxy) is 3. The van der Waals surface area contributed by atoms with E-state index in [0.717, 1.165) is 6.07 Å². The van der Waals surface area contributed by atoms with E-state index in [4.69, 9.17) is 19.9 Å². The highest BCUT2D eigenvalue weighted by Crippen LogP contribution is 2.34. The Kier molecular flexibility index (Phi) is 3.98. The van der Waals surface area contributed by atoms with Gasteiger partial charge in [0, 0.05) is 24.4 Å². The van der Waals surface area contributed by atoms with Crippen molar-refractivity contribution in [1.82, 2.24) is 15.0 Å². The van der Waals surface area contributed by atoms with Crippen LogP contribution in [0.3, 0.4) is 0 Å². The van der Waals surface area contributed by atoms with E-state index in [1.807, 2.05) is 0 Å². The minimum atomic E-state index is -1.03. The van der Waals surface area contributed by atoms with Gasteiger partial charge in [-0.25, -0.2) is 9.37 Å². The smallest absolute Gasteiger partial charge is 0.258 e. The normalized spacial score (nSPS) is 10.7. The van der Waals surface area contributed by atoms with Crippen LogP contribution in [0.4, 0.5) is 14.5 Å². The Balaban J connectivity index is 2.11. The SMILES string of the molecule is COc1cc2nccc(Oc3nc(F)c(N)cc3F)c2nc1OC. The van der Waals surface area contributed by atoms with E-state index < -0.39 is 23.3 Å². The molecule has 2 N–H and O–H groups in total. The molecule has 3 heterocycles. The number of nitrogens with two attached hydrogens (primary N) is 1. The van der Waals surface area contributed by atoms with Gasteiger partial charge in [0.05, 0.1) is 25.4 Å². The first-order valence-corrected chi connectivity index (χ1v) is 6.70. The summed E-state index contributed by atoms with van der Waals surface area (Å²) in [5.74, 6) is -1.81. The third kappa shape index (κ3) is 2.71. The number of fused-ring (bicyclic) bond motifs is 1. The van der Waals surface area contributed by atoms with Crippen molar-refractivity contribution in [2.75, 3.05) is 20.0 Å². The highest BCUT2D eigenvalue weighted by atomic mass is 19.1. The first-order chi connectivity index (χ1) is 11.5. The lowest BCUT2D eigenvalue weighted by atomic mass is 10.3. The maximum absolute atomic E-state index is 13.9. The van der Waals surface area contributed by atoms with Gasteiger partial charge in [-0.3, -0.25) is 4.98 Å². The van der Waals surface area contributed by atoms with E-state index in [0.29, 0.717) is 11.3 Å². The number of hydrogen-bond acceptors (Lipinski definition) is 7. The van der Waals surface area contributed by atoms with Gasteiger partial charge in [0.2, 0.25) is 5.95 Å². The van der Waals surface area contributed by atoms with Crippen LogP contribution in [0.2, 0.25) is 0 Å². The lowest BCUT2D eigenvalue weighted by Crippen LogP contribution is -2.01. The Hall–Kier alpha value is -3.23. The lowest BCUT2D eigenvalue weighted by molar-refractivity contribution is 0.344. The largest absolute Gasteiger partial charge is 0.491 e. The summed E-state index contributed by atoms with van der Waals surface area (Å²) in [5, 5.41) is 0. The number of methoxy groups -OCH3 is 2. The van der Waals surface area contributed by atoms with Gasteiger partial charge in [-0.2, -0.15) is 9.37 Å². The number of nitrogens with zero attached hydrogens (tertiary/aromatic N) is 3. The van der Waals surface area contributed by atoms with Crippen LogP contribution >= 0.6 is 0 Å². The minimum Gasteiger partial charge on any atom is -0.491 e. The summed E-state index contributed by atoms with van der Waals surface area (Å²) in [7, 11) is 2.88. The molecule has 0 bridgehead atoms. The van der Waals surface area contributed by atoms with Crippen molar-refractivity contribution >= 4 is 16.7 Å². The summed E-state index contributed by atoms with van der Waals surface area (Å²) in [5.41, 5.74) is 5.53. The molecular formula is C15H12F2N4O3. The molecule has 0 aliphatic carbocycles. The summed E-state index contributed by atoms with van der Waals surface area (Å²) >= 11 is 0. The summed E-state index contributed by atoms with van der Waals surface area (Å²) in [4.78, 5) is 11.7. The number of halogens is 2. The van der Waals surface area contributed by atoms with Crippen LogP contribution in [-0.2, 0) is 0 Å². The number of anilines is 1. The number of hydrogen-bond donors (Lipinski definition) is 1. The van der Waals surface area contributed by atoms with Gasteiger partial charge in [0.15, 0.2) is 17.3 Å². The second-order valence-corrected chi connectivity index (χ2v) is 4.63. The quantitative estimate of drug-likeness (QED) is 0.733. The predicted octanol–water partition coefficient (Wildman–Crippen LogP) is 2.69. The molecule has 0 saturated heterocycles. The number of pyridine rings is 3. The Morgan fingerprint density at radius 2 is 1.79 bits per heavy atom. The van der Waals surface area contributed by atoms with Gasteiger partial charge < -0.3 is 19.9 Å². The molecule has 0 aliphatic rings. The molecule has 0 unspecified atom stereocenters. The molecule has 7 nitrogen and oxygen atoms in total. The van der Waals surface area contributed by atoms with E-state index in [-0.39, 0.29) is 17.1 Å². The standard InChI is InChI=1S/C15H12F2N4O3/c1-22-11-6-9-12(20-15(11)23-2)10(3-4-19-9)24-14-7(16)5-8(18)13(17)21-14/h3-6H,18H2,1-2H3. The maximum Gasteiger partial charge on any atom is 0.258 e. The van der Waals surface area contributed by atoms with Gasteiger partial charge in [-0.1, -0.05) is 0 Å². The van der Waals surface area contributed by atoms with Crippen LogP contribution in [0, 0.1) is 11.8 Å². The van der Waals surface area contributed by atoms with Crippen molar-refractivity contribution in [2.45, 2.75) is 0 Å². The lowest BCUT2D eigenvalue weighted by Gasteiger charge is -2.11. The van der Waals surface area contributed by atoms with E-state index in [1.165, 1.54) is 26.5 Å². The van der Waals surface area contributed by atoms with Gasteiger partial charge in [-0.15, -0.1) is 0 Å². The van der Waals surface area contributed by atoms with Gasteiger partial charge in [-0.05, 0) is 0 Å². The zero-order valence-electron chi connectivity index (χ0n) is 12.7. The monoisotopic (exact) mass is 334 g/mol. The molecular weight excluding hydrogens is 322 g/mol. The van der Waals surface area contributed by atoms with Crippen molar-refractivity contribution in [3.05, 3.63) is 36.2 Å². The minimum absolute atomic E-state index is 0.122. The van der Waals surface area contributed by atoms with Gasteiger partial charge >= 0.3 is 0 Å². The Bertz CT molecular complexity index is 921. The molecule has 0 radical (unpaired) electrons. The fourth-order valence-electron chi connectivity index (χ4n) is 2.03. The number of nitrogen functional groups attached to an aromatic ring is 1. The molecule has 3 aromatic rings. The third-order valence-electron chi connectivity index (χ3n) is 3.15.